The predicted molar refractivity (Wildman–Crippen MR) is 112 cm³/mol. The van der Waals surface area contributed by atoms with E-state index in [1.54, 1.807) is 11.3 Å². The van der Waals surface area contributed by atoms with Crippen LogP contribution in [-0.4, -0.2) is 69.5 Å². The van der Waals surface area contributed by atoms with Crippen molar-refractivity contribution in [2.24, 2.45) is 0 Å². The number of nitrogens with one attached hydrogen (secondary N) is 2. The van der Waals surface area contributed by atoms with E-state index in [0.717, 1.165) is 30.0 Å². The smallest absolute Gasteiger partial charge is 0.239 e. The first kappa shape index (κ1) is 20.4. The van der Waals surface area contributed by atoms with Gasteiger partial charge in [0.25, 0.3) is 0 Å². The molecule has 0 radical (unpaired) electrons. The molecule has 0 aliphatic carbocycles. The van der Waals surface area contributed by atoms with Crippen LogP contribution >= 0.6 is 22.9 Å². The van der Waals surface area contributed by atoms with E-state index in [9.17, 15) is 9.59 Å². The van der Waals surface area contributed by atoms with Crippen molar-refractivity contribution in [1.82, 2.24) is 30.0 Å². The molecule has 3 atom stereocenters. The number of carbonyl (C=O) groups is 2. The lowest BCUT2D eigenvalue weighted by molar-refractivity contribution is -0.126. The van der Waals surface area contributed by atoms with Gasteiger partial charge in [0, 0.05) is 48.4 Å². The van der Waals surface area contributed by atoms with Gasteiger partial charge in [0.1, 0.15) is 6.04 Å². The molecule has 3 unspecified atom stereocenters. The molecule has 156 valence electrons. The molecule has 2 saturated heterocycles. The van der Waals surface area contributed by atoms with Crippen LogP contribution in [0.5, 0.6) is 0 Å². The van der Waals surface area contributed by atoms with Gasteiger partial charge in [0.2, 0.25) is 11.8 Å². The Labute approximate surface area is 178 Å². The molecule has 0 aromatic carbocycles. The van der Waals surface area contributed by atoms with Crippen LogP contribution in [0, 0.1) is 0 Å². The maximum absolute atomic E-state index is 12.8. The van der Waals surface area contributed by atoms with Gasteiger partial charge in [-0.05, 0) is 42.9 Å². The Morgan fingerprint density at radius 3 is 3.10 bits per heavy atom. The second kappa shape index (κ2) is 9.29. The lowest BCUT2D eigenvalue weighted by Crippen LogP contribution is -2.49. The molecule has 2 aromatic heterocycles. The number of thiophene rings is 1. The van der Waals surface area contributed by atoms with E-state index in [4.69, 9.17) is 0 Å². The number of likely N-dealkylation sites (N-methyl/N-ethyl adjacent to an activating group) is 1. The average Bonchev–Trinajstić information content (AvgIpc) is 3.47. The van der Waals surface area contributed by atoms with E-state index in [2.05, 4.69) is 37.1 Å². The second-order valence-corrected chi connectivity index (χ2v) is 9.27. The fourth-order valence-corrected chi connectivity index (χ4v) is 5.36. The van der Waals surface area contributed by atoms with Gasteiger partial charge in [0.15, 0.2) is 0 Å². The third-order valence-electron chi connectivity index (χ3n) is 5.86. The molecule has 2 aliphatic rings. The van der Waals surface area contributed by atoms with Gasteiger partial charge in [-0.2, -0.15) is 0 Å². The van der Waals surface area contributed by atoms with Crippen LogP contribution in [0.4, 0.5) is 0 Å². The highest BCUT2D eigenvalue weighted by Gasteiger charge is 2.45. The quantitative estimate of drug-likeness (QED) is 0.678. The molecule has 4 heterocycles. The first-order valence-corrected chi connectivity index (χ1v) is 11.6. The van der Waals surface area contributed by atoms with E-state index in [0.29, 0.717) is 26.1 Å². The average molecular weight is 435 g/mol. The molecule has 2 N–H and O–H groups in total. The molecule has 29 heavy (non-hydrogen) atoms. The van der Waals surface area contributed by atoms with Crippen molar-refractivity contribution in [3.8, 4) is 0 Å². The largest absolute Gasteiger partial charge is 0.353 e. The van der Waals surface area contributed by atoms with Gasteiger partial charge in [-0.25, -0.2) is 0 Å². The summed E-state index contributed by atoms with van der Waals surface area (Å²) in [5.74, 6) is 0.134. The number of hydrogen-bond acceptors (Lipinski definition) is 8. The van der Waals surface area contributed by atoms with Crippen LogP contribution in [0.2, 0.25) is 0 Å². The van der Waals surface area contributed by atoms with Crippen LogP contribution in [-0.2, 0) is 22.7 Å². The minimum Gasteiger partial charge on any atom is -0.353 e. The summed E-state index contributed by atoms with van der Waals surface area (Å²) in [6.07, 6.45) is 2.13. The van der Waals surface area contributed by atoms with Crippen molar-refractivity contribution in [1.29, 1.82) is 0 Å². The number of carbonyl (C=O) groups excluding carboxylic acids is 2. The lowest BCUT2D eigenvalue weighted by Gasteiger charge is -2.33. The fraction of sp³-hybridized carbons (Fsp3) is 0.579. The van der Waals surface area contributed by atoms with E-state index in [1.807, 2.05) is 22.9 Å². The summed E-state index contributed by atoms with van der Waals surface area (Å²) in [4.78, 5) is 30.7. The molecule has 2 amide bonds. The van der Waals surface area contributed by atoms with Crippen LogP contribution in [0.15, 0.2) is 22.9 Å². The Bertz CT molecular complexity index is 813. The normalized spacial score (nSPS) is 25.4. The molecule has 10 heteroatoms. The Morgan fingerprint density at radius 1 is 1.45 bits per heavy atom. The SMILES string of the molecule is CN1C(CCC(=O)NCc2cccs2)CNC(=O)C2C1CCN2Cc1csnn1. The number of fused-ring (bicyclic) bond motifs is 1. The summed E-state index contributed by atoms with van der Waals surface area (Å²) in [6, 6.07) is 4.14. The van der Waals surface area contributed by atoms with Gasteiger partial charge in [-0.3, -0.25) is 19.4 Å². The summed E-state index contributed by atoms with van der Waals surface area (Å²) in [6.45, 7) is 2.67. The standard InChI is InChI=1S/C19H26N6O2S2/c1-24-14(4-5-17(26)20-10-15-3-2-8-28-15)9-21-19(27)18-16(24)6-7-25(18)11-13-12-29-23-22-13/h2-3,8,12,14,16,18H,4-7,9-11H2,1H3,(H,20,26)(H,21,27). The van der Waals surface area contributed by atoms with Crippen molar-refractivity contribution < 1.29 is 9.59 Å². The summed E-state index contributed by atoms with van der Waals surface area (Å²) in [7, 11) is 2.08. The van der Waals surface area contributed by atoms with Gasteiger partial charge in [-0.15, -0.1) is 16.4 Å². The third kappa shape index (κ3) is 4.82. The Morgan fingerprint density at radius 2 is 2.34 bits per heavy atom. The van der Waals surface area contributed by atoms with Crippen LogP contribution in [0.25, 0.3) is 0 Å². The molecule has 2 fully saturated rings. The number of likely N-dealkylation sites (tertiary alicyclic amines) is 1. The molecule has 2 aromatic rings. The summed E-state index contributed by atoms with van der Waals surface area (Å²) in [5, 5.41) is 14.2. The number of nitrogens with zero attached hydrogens (tertiary/aromatic N) is 4. The number of hydrogen-bond donors (Lipinski definition) is 2. The van der Waals surface area contributed by atoms with Gasteiger partial charge in [0.05, 0.1) is 12.2 Å². The number of rotatable bonds is 7. The Balaban J connectivity index is 1.32. The van der Waals surface area contributed by atoms with Crippen LogP contribution < -0.4 is 10.6 Å². The number of aromatic nitrogens is 2. The molecular formula is C19H26N6O2S2. The molecule has 2 aliphatic heterocycles. The summed E-state index contributed by atoms with van der Waals surface area (Å²) < 4.78 is 3.92. The second-order valence-electron chi connectivity index (χ2n) is 7.63. The molecule has 4 rings (SSSR count). The van der Waals surface area contributed by atoms with Crippen LogP contribution in [0.3, 0.4) is 0 Å². The predicted octanol–water partition coefficient (Wildman–Crippen LogP) is 1.07. The van der Waals surface area contributed by atoms with E-state index >= 15 is 0 Å². The molecule has 0 spiro atoms. The van der Waals surface area contributed by atoms with Crippen LogP contribution in [0.1, 0.15) is 29.8 Å². The zero-order valence-corrected chi connectivity index (χ0v) is 18.0. The van der Waals surface area contributed by atoms with Gasteiger partial charge < -0.3 is 10.6 Å². The third-order valence-corrected chi connectivity index (χ3v) is 7.29. The minimum atomic E-state index is -0.181. The molecular weight excluding hydrogens is 408 g/mol. The summed E-state index contributed by atoms with van der Waals surface area (Å²) in [5.41, 5.74) is 0.911. The van der Waals surface area contributed by atoms with Gasteiger partial charge in [-0.1, -0.05) is 10.6 Å². The highest BCUT2D eigenvalue weighted by atomic mass is 32.1. The zero-order chi connectivity index (χ0) is 20.2. The minimum absolute atomic E-state index is 0.0583. The van der Waals surface area contributed by atoms with E-state index in [1.165, 1.54) is 11.5 Å². The Kier molecular flexibility index (Phi) is 6.53. The van der Waals surface area contributed by atoms with Crippen molar-refractivity contribution in [3.05, 3.63) is 33.5 Å². The first-order chi connectivity index (χ1) is 14.1. The lowest BCUT2D eigenvalue weighted by atomic mass is 10.0. The van der Waals surface area contributed by atoms with Crippen molar-refractivity contribution in [3.63, 3.8) is 0 Å². The Hall–Kier alpha value is -1.88. The van der Waals surface area contributed by atoms with E-state index < -0.39 is 0 Å². The van der Waals surface area contributed by atoms with Crippen molar-refractivity contribution >= 4 is 34.7 Å². The van der Waals surface area contributed by atoms with E-state index in [-0.39, 0.29) is 29.9 Å². The monoisotopic (exact) mass is 434 g/mol. The molecule has 0 bridgehead atoms. The maximum atomic E-state index is 12.8. The summed E-state index contributed by atoms with van der Waals surface area (Å²) >= 11 is 2.98. The van der Waals surface area contributed by atoms with Crippen molar-refractivity contribution in [2.45, 2.75) is 50.5 Å². The highest BCUT2D eigenvalue weighted by Crippen LogP contribution is 2.28. The fourth-order valence-electron chi connectivity index (χ4n) is 4.27. The number of amides is 2. The first-order valence-electron chi connectivity index (χ1n) is 9.90. The zero-order valence-electron chi connectivity index (χ0n) is 16.4. The molecule has 0 saturated carbocycles. The highest BCUT2D eigenvalue weighted by molar-refractivity contribution is 7.09. The topological polar surface area (TPSA) is 90.5 Å². The van der Waals surface area contributed by atoms with Crippen molar-refractivity contribution in [2.75, 3.05) is 20.1 Å². The maximum Gasteiger partial charge on any atom is 0.239 e. The van der Waals surface area contributed by atoms with Gasteiger partial charge >= 0.3 is 0 Å². The molecule has 8 nitrogen and oxygen atoms in total.